The summed E-state index contributed by atoms with van der Waals surface area (Å²) in [6, 6.07) is 7.44. The molecule has 6 nitrogen and oxygen atoms in total. The summed E-state index contributed by atoms with van der Waals surface area (Å²) in [7, 11) is 4.80. The van der Waals surface area contributed by atoms with Crippen molar-refractivity contribution in [2.24, 2.45) is 0 Å². The van der Waals surface area contributed by atoms with E-state index in [2.05, 4.69) is 11.8 Å². The van der Waals surface area contributed by atoms with Gasteiger partial charge in [0.25, 0.3) is 0 Å². The van der Waals surface area contributed by atoms with Gasteiger partial charge in [-0.1, -0.05) is 24.0 Å². The van der Waals surface area contributed by atoms with Crippen molar-refractivity contribution >= 4 is 0 Å². The molecule has 0 aliphatic heterocycles. The zero-order valence-corrected chi connectivity index (χ0v) is 19.3. The third-order valence-electron chi connectivity index (χ3n) is 5.39. The van der Waals surface area contributed by atoms with Crippen LogP contribution in [-0.2, 0) is 11.3 Å². The van der Waals surface area contributed by atoms with E-state index in [9.17, 15) is 10.2 Å². The molecule has 2 atom stereocenters. The Morgan fingerprint density at radius 2 is 1.48 bits per heavy atom. The predicted octanol–water partition coefficient (Wildman–Crippen LogP) is 3.32. The van der Waals surface area contributed by atoms with Crippen LogP contribution in [0.3, 0.4) is 0 Å². The topological polar surface area (TPSA) is 77.4 Å². The van der Waals surface area contributed by atoms with Gasteiger partial charge in [-0.05, 0) is 56.5 Å². The van der Waals surface area contributed by atoms with Crippen molar-refractivity contribution in [3.8, 4) is 29.1 Å². The van der Waals surface area contributed by atoms with Crippen molar-refractivity contribution in [3.63, 3.8) is 0 Å². The number of hydrogen-bond donors (Lipinski definition) is 2. The van der Waals surface area contributed by atoms with Crippen molar-refractivity contribution in [2.75, 3.05) is 27.9 Å². The number of methoxy groups -OCH3 is 3. The van der Waals surface area contributed by atoms with Crippen molar-refractivity contribution < 1.29 is 29.2 Å². The third-order valence-corrected chi connectivity index (χ3v) is 5.39. The average molecular weight is 429 g/mol. The molecule has 0 radical (unpaired) electrons. The van der Waals surface area contributed by atoms with Crippen LogP contribution in [0.1, 0.15) is 34.7 Å². The maximum absolute atomic E-state index is 10.7. The minimum Gasteiger partial charge on any atom is -0.497 e. The minimum absolute atomic E-state index is 0.0694. The normalized spacial score (nSPS) is 13.6. The number of hydrogen-bond acceptors (Lipinski definition) is 6. The highest BCUT2D eigenvalue weighted by molar-refractivity contribution is 5.63. The van der Waals surface area contributed by atoms with Crippen molar-refractivity contribution in [3.05, 3.63) is 52.1 Å². The van der Waals surface area contributed by atoms with Crippen LogP contribution < -0.4 is 14.2 Å². The van der Waals surface area contributed by atoms with E-state index < -0.39 is 11.7 Å². The first-order valence-corrected chi connectivity index (χ1v) is 10.0. The predicted molar refractivity (Wildman–Crippen MR) is 120 cm³/mol. The number of rotatable bonds is 8. The van der Waals surface area contributed by atoms with Gasteiger partial charge < -0.3 is 29.2 Å². The molecule has 0 aliphatic rings. The maximum atomic E-state index is 10.7. The van der Waals surface area contributed by atoms with Crippen molar-refractivity contribution in [1.29, 1.82) is 0 Å². The van der Waals surface area contributed by atoms with Crippen molar-refractivity contribution in [2.45, 2.75) is 46.0 Å². The highest BCUT2D eigenvalue weighted by Crippen LogP contribution is 2.37. The van der Waals surface area contributed by atoms with E-state index in [1.807, 2.05) is 45.0 Å². The number of benzene rings is 2. The molecule has 2 N–H and O–H groups in total. The smallest absolute Gasteiger partial charge is 0.150 e. The molecule has 2 aromatic rings. The average Bonchev–Trinajstić information content (AvgIpc) is 2.76. The summed E-state index contributed by atoms with van der Waals surface area (Å²) in [5.41, 5.74) is 2.58. The van der Waals surface area contributed by atoms with E-state index in [1.54, 1.807) is 21.3 Å². The van der Waals surface area contributed by atoms with Crippen LogP contribution >= 0.6 is 0 Å². The van der Waals surface area contributed by atoms with Crippen LogP contribution in [0.25, 0.3) is 0 Å². The summed E-state index contributed by atoms with van der Waals surface area (Å²) in [6.07, 6.45) is -1.20. The number of aliphatic hydroxyl groups is 2. The summed E-state index contributed by atoms with van der Waals surface area (Å²) in [5, 5.41) is 21.2. The van der Waals surface area contributed by atoms with E-state index in [1.165, 1.54) is 6.92 Å². The van der Waals surface area contributed by atoms with Gasteiger partial charge in [0.05, 0.1) is 40.1 Å². The first kappa shape index (κ1) is 24.5. The Hall–Kier alpha value is -2.72. The van der Waals surface area contributed by atoms with Crippen LogP contribution in [0.5, 0.6) is 17.2 Å². The fourth-order valence-electron chi connectivity index (χ4n) is 3.25. The lowest BCUT2D eigenvalue weighted by atomic mass is 9.95. The SMILES string of the molecule is COc1ccc(COC[C@@H](O)[C@@](C)(O)C#Cc2c(C)c(OC)c(C)c(C)c2OC)cc1. The second-order valence-electron chi connectivity index (χ2n) is 7.59. The Balaban J connectivity index is 2.16. The zero-order valence-electron chi connectivity index (χ0n) is 19.3. The molecule has 0 bridgehead atoms. The molecule has 0 saturated carbocycles. The summed E-state index contributed by atoms with van der Waals surface area (Å²) in [6.45, 7) is 7.47. The Morgan fingerprint density at radius 3 is 2.03 bits per heavy atom. The first-order valence-electron chi connectivity index (χ1n) is 10.0. The second kappa shape index (κ2) is 10.5. The number of ether oxygens (including phenoxy) is 4. The first-order chi connectivity index (χ1) is 14.7. The van der Waals surface area contributed by atoms with Gasteiger partial charge in [0.2, 0.25) is 0 Å². The zero-order chi connectivity index (χ0) is 23.2. The second-order valence-corrected chi connectivity index (χ2v) is 7.59. The lowest BCUT2D eigenvalue weighted by molar-refractivity contribution is -0.0679. The highest BCUT2D eigenvalue weighted by Gasteiger charge is 2.29. The molecule has 0 amide bonds. The molecule has 31 heavy (non-hydrogen) atoms. The molecule has 168 valence electrons. The molecule has 0 aliphatic carbocycles. The number of aliphatic hydroxyl groups excluding tert-OH is 1. The molecule has 0 aromatic heterocycles. The van der Waals surface area contributed by atoms with Gasteiger partial charge in [-0.3, -0.25) is 0 Å². The largest absolute Gasteiger partial charge is 0.497 e. The molecule has 0 fully saturated rings. The molecular formula is C25H32O6. The van der Waals surface area contributed by atoms with Crippen LogP contribution in [0.15, 0.2) is 24.3 Å². The van der Waals surface area contributed by atoms with Gasteiger partial charge in [0.1, 0.15) is 23.4 Å². The fraction of sp³-hybridized carbons (Fsp3) is 0.440. The quantitative estimate of drug-likeness (QED) is 0.628. The fourth-order valence-corrected chi connectivity index (χ4v) is 3.25. The molecule has 0 saturated heterocycles. The monoisotopic (exact) mass is 428 g/mol. The van der Waals surface area contributed by atoms with E-state index in [4.69, 9.17) is 18.9 Å². The third kappa shape index (κ3) is 5.71. The molecule has 0 unspecified atom stereocenters. The van der Waals surface area contributed by atoms with Gasteiger partial charge in [0.15, 0.2) is 5.60 Å². The summed E-state index contributed by atoms with van der Waals surface area (Å²) in [5.74, 6) is 7.87. The van der Waals surface area contributed by atoms with Gasteiger partial charge in [-0.25, -0.2) is 0 Å². The van der Waals surface area contributed by atoms with E-state index in [-0.39, 0.29) is 6.61 Å². The summed E-state index contributed by atoms with van der Waals surface area (Å²) in [4.78, 5) is 0. The summed E-state index contributed by atoms with van der Waals surface area (Å²) < 4.78 is 21.8. The lowest BCUT2D eigenvalue weighted by Crippen LogP contribution is -2.41. The molecular weight excluding hydrogens is 396 g/mol. The molecule has 6 heteroatoms. The Morgan fingerprint density at radius 1 is 0.903 bits per heavy atom. The summed E-state index contributed by atoms with van der Waals surface area (Å²) >= 11 is 0. The Kier molecular flexibility index (Phi) is 8.35. The van der Waals surface area contributed by atoms with E-state index in [0.717, 1.165) is 33.8 Å². The molecule has 0 heterocycles. The Bertz CT molecular complexity index is 951. The van der Waals surface area contributed by atoms with Gasteiger partial charge in [-0.15, -0.1) is 0 Å². The standard InChI is InChI=1S/C25H32O6/c1-16-17(2)24(30-7)21(18(3)23(16)29-6)12-13-25(4,27)22(26)15-31-14-19-8-10-20(28-5)11-9-19/h8-11,22,26-27H,14-15H2,1-7H3/t22-,25+/m1/s1. The highest BCUT2D eigenvalue weighted by atomic mass is 16.5. The van der Waals surface area contributed by atoms with Gasteiger partial charge >= 0.3 is 0 Å². The van der Waals surface area contributed by atoms with Crippen LogP contribution in [0.2, 0.25) is 0 Å². The minimum atomic E-state index is -1.68. The molecule has 2 rings (SSSR count). The van der Waals surface area contributed by atoms with E-state index in [0.29, 0.717) is 17.9 Å². The van der Waals surface area contributed by atoms with Crippen LogP contribution in [0, 0.1) is 32.6 Å². The van der Waals surface area contributed by atoms with Gasteiger partial charge in [0, 0.05) is 5.56 Å². The van der Waals surface area contributed by atoms with Crippen LogP contribution in [0.4, 0.5) is 0 Å². The maximum Gasteiger partial charge on any atom is 0.150 e. The van der Waals surface area contributed by atoms with Crippen LogP contribution in [-0.4, -0.2) is 49.9 Å². The van der Waals surface area contributed by atoms with Gasteiger partial charge in [-0.2, -0.15) is 0 Å². The Labute approximate surface area is 184 Å². The molecule has 0 spiro atoms. The van der Waals surface area contributed by atoms with Crippen molar-refractivity contribution in [1.82, 2.24) is 0 Å². The van der Waals surface area contributed by atoms with E-state index >= 15 is 0 Å². The molecule has 2 aromatic carbocycles. The lowest BCUT2D eigenvalue weighted by Gasteiger charge is -2.24.